The molecule has 0 fully saturated rings. The molecule has 0 saturated carbocycles. The Kier molecular flexibility index (Phi) is 6.36. The number of carbonyl (C=O) groups is 2. The second-order valence-corrected chi connectivity index (χ2v) is 7.68. The maximum absolute atomic E-state index is 13.1. The van der Waals surface area contributed by atoms with Gasteiger partial charge in [0.2, 0.25) is 0 Å². The summed E-state index contributed by atoms with van der Waals surface area (Å²) in [5, 5.41) is 11.2. The zero-order valence-electron chi connectivity index (χ0n) is 18.5. The van der Waals surface area contributed by atoms with Crippen LogP contribution in [0, 0.1) is 0 Å². The number of benzene rings is 3. The Morgan fingerprint density at radius 1 is 0.970 bits per heavy atom. The number of aromatic nitrogens is 1. The summed E-state index contributed by atoms with van der Waals surface area (Å²) in [6.45, 7) is 3.07. The smallest absolute Gasteiger partial charge is 0.339 e. The van der Waals surface area contributed by atoms with Crippen LogP contribution in [0.25, 0.3) is 21.9 Å². The quantitative estimate of drug-likeness (QED) is 0.423. The molecule has 0 aliphatic carbocycles. The van der Waals surface area contributed by atoms with Crippen LogP contribution in [0.4, 0.5) is 0 Å². The van der Waals surface area contributed by atoms with Crippen LogP contribution in [0.15, 0.2) is 79.1 Å². The monoisotopic (exact) mass is 440 g/mol. The summed E-state index contributed by atoms with van der Waals surface area (Å²) in [6.07, 6.45) is 3.49. The molecule has 0 aliphatic heterocycles. The topological polar surface area (TPSA) is 79.7 Å². The van der Waals surface area contributed by atoms with Gasteiger partial charge in [0.1, 0.15) is 11.3 Å². The molecule has 4 aromatic rings. The Labute approximate surface area is 192 Å². The first-order valence-electron chi connectivity index (χ1n) is 10.6. The average molecular weight is 440 g/mol. The number of carboxylic acids is 1. The van der Waals surface area contributed by atoms with Gasteiger partial charge in [-0.1, -0.05) is 30.3 Å². The zero-order chi connectivity index (χ0) is 23.4. The lowest BCUT2D eigenvalue weighted by atomic mass is 9.98. The third kappa shape index (κ3) is 4.70. The van der Waals surface area contributed by atoms with Gasteiger partial charge in [0, 0.05) is 31.0 Å². The van der Waals surface area contributed by atoms with E-state index in [1.807, 2.05) is 55.5 Å². The van der Waals surface area contributed by atoms with Crippen molar-refractivity contribution < 1.29 is 19.4 Å². The highest BCUT2D eigenvalue weighted by atomic mass is 16.5. The molecule has 1 aromatic heterocycles. The van der Waals surface area contributed by atoms with Gasteiger partial charge < -0.3 is 14.7 Å². The number of carboxylic acid groups (broad SMARTS) is 1. The van der Waals surface area contributed by atoms with Crippen molar-refractivity contribution in [1.29, 1.82) is 0 Å². The number of pyridine rings is 1. The van der Waals surface area contributed by atoms with Crippen LogP contribution in [-0.4, -0.2) is 40.5 Å². The molecule has 0 bridgehead atoms. The fourth-order valence-electron chi connectivity index (χ4n) is 3.83. The predicted octanol–water partition coefficient (Wildman–Crippen LogP) is 5.27. The second kappa shape index (κ2) is 9.53. The standard InChI is InChI=1S/C27H24N2O4/c1-3-29(17-18-5-4-12-28-16-18)26(30)23-9-8-19-13-20(6-7-21(19)14-23)22-10-11-24(27(31)32)25(15-22)33-2/h4-16H,3,17H2,1-2H3,(H,31,32). The van der Waals surface area contributed by atoms with Gasteiger partial charge in [-0.05, 0) is 70.8 Å². The van der Waals surface area contributed by atoms with Crippen molar-refractivity contribution in [2.45, 2.75) is 13.5 Å². The van der Waals surface area contributed by atoms with Gasteiger partial charge in [-0.15, -0.1) is 0 Å². The lowest BCUT2D eigenvalue weighted by Gasteiger charge is -2.21. The van der Waals surface area contributed by atoms with Crippen LogP contribution in [0.1, 0.15) is 33.2 Å². The molecule has 0 saturated heterocycles. The van der Waals surface area contributed by atoms with Crippen molar-refractivity contribution in [2.24, 2.45) is 0 Å². The molecule has 0 radical (unpaired) electrons. The first kappa shape index (κ1) is 22.0. The van der Waals surface area contributed by atoms with E-state index in [0.29, 0.717) is 24.4 Å². The van der Waals surface area contributed by atoms with E-state index in [9.17, 15) is 14.7 Å². The highest BCUT2D eigenvalue weighted by Gasteiger charge is 2.16. The molecular formula is C27H24N2O4. The molecule has 166 valence electrons. The number of fused-ring (bicyclic) bond motifs is 1. The minimum atomic E-state index is -1.03. The minimum Gasteiger partial charge on any atom is -0.496 e. The number of hydrogen-bond acceptors (Lipinski definition) is 4. The second-order valence-electron chi connectivity index (χ2n) is 7.68. The van der Waals surface area contributed by atoms with Crippen LogP contribution in [-0.2, 0) is 6.54 Å². The number of amides is 1. The zero-order valence-corrected chi connectivity index (χ0v) is 18.5. The van der Waals surface area contributed by atoms with Crippen molar-refractivity contribution in [3.8, 4) is 16.9 Å². The summed E-state index contributed by atoms with van der Waals surface area (Å²) < 4.78 is 5.25. The molecule has 1 N–H and O–H groups in total. The third-order valence-electron chi connectivity index (χ3n) is 5.62. The summed E-state index contributed by atoms with van der Waals surface area (Å²) in [4.78, 5) is 30.4. The van der Waals surface area contributed by atoms with Crippen molar-refractivity contribution in [2.75, 3.05) is 13.7 Å². The largest absolute Gasteiger partial charge is 0.496 e. The van der Waals surface area contributed by atoms with Crippen molar-refractivity contribution in [1.82, 2.24) is 9.88 Å². The predicted molar refractivity (Wildman–Crippen MR) is 128 cm³/mol. The number of nitrogens with zero attached hydrogens (tertiary/aromatic N) is 2. The lowest BCUT2D eigenvalue weighted by Crippen LogP contribution is -2.30. The summed E-state index contributed by atoms with van der Waals surface area (Å²) in [5.41, 5.74) is 3.53. The Morgan fingerprint density at radius 3 is 2.39 bits per heavy atom. The first-order valence-corrected chi connectivity index (χ1v) is 10.6. The molecule has 0 atom stereocenters. The fraction of sp³-hybridized carbons (Fsp3) is 0.148. The molecule has 0 spiro atoms. The summed E-state index contributed by atoms with van der Waals surface area (Å²) in [5.74, 6) is -0.741. The van der Waals surface area contributed by atoms with E-state index < -0.39 is 5.97 Å². The SMILES string of the molecule is CCN(Cc1cccnc1)C(=O)c1ccc2cc(-c3ccc(C(=O)O)c(OC)c3)ccc2c1. The van der Waals surface area contributed by atoms with Gasteiger partial charge in [0.05, 0.1) is 7.11 Å². The van der Waals surface area contributed by atoms with Gasteiger partial charge in [-0.25, -0.2) is 4.79 Å². The van der Waals surface area contributed by atoms with Crippen LogP contribution in [0.3, 0.4) is 0 Å². The van der Waals surface area contributed by atoms with Gasteiger partial charge in [-0.2, -0.15) is 0 Å². The van der Waals surface area contributed by atoms with E-state index in [-0.39, 0.29) is 11.5 Å². The van der Waals surface area contributed by atoms with E-state index in [1.54, 1.807) is 35.5 Å². The first-order chi connectivity index (χ1) is 16.0. The highest BCUT2D eigenvalue weighted by Crippen LogP contribution is 2.30. The molecule has 4 rings (SSSR count). The van der Waals surface area contributed by atoms with E-state index in [1.165, 1.54) is 7.11 Å². The van der Waals surface area contributed by atoms with Gasteiger partial charge >= 0.3 is 5.97 Å². The molecule has 3 aromatic carbocycles. The van der Waals surface area contributed by atoms with Crippen molar-refractivity contribution >= 4 is 22.6 Å². The Bertz CT molecular complexity index is 1320. The van der Waals surface area contributed by atoms with Crippen molar-refractivity contribution in [3.63, 3.8) is 0 Å². The number of hydrogen-bond donors (Lipinski definition) is 1. The molecule has 0 unspecified atom stereocenters. The van der Waals surface area contributed by atoms with E-state index in [0.717, 1.165) is 27.5 Å². The van der Waals surface area contributed by atoms with Gasteiger partial charge in [0.25, 0.3) is 5.91 Å². The minimum absolute atomic E-state index is 0.0266. The maximum Gasteiger partial charge on any atom is 0.339 e. The summed E-state index contributed by atoms with van der Waals surface area (Å²) in [6, 6.07) is 20.5. The summed E-state index contributed by atoms with van der Waals surface area (Å²) in [7, 11) is 1.46. The Morgan fingerprint density at radius 2 is 1.70 bits per heavy atom. The van der Waals surface area contributed by atoms with E-state index >= 15 is 0 Å². The number of methoxy groups -OCH3 is 1. The molecule has 1 heterocycles. The van der Waals surface area contributed by atoms with Gasteiger partial charge in [0.15, 0.2) is 0 Å². The number of aromatic carboxylic acids is 1. The molecular weight excluding hydrogens is 416 g/mol. The Balaban J connectivity index is 1.61. The third-order valence-corrected chi connectivity index (χ3v) is 5.62. The van der Waals surface area contributed by atoms with Crippen LogP contribution in [0.2, 0.25) is 0 Å². The fourth-order valence-corrected chi connectivity index (χ4v) is 3.83. The van der Waals surface area contributed by atoms with E-state index in [2.05, 4.69) is 4.98 Å². The molecule has 33 heavy (non-hydrogen) atoms. The number of carbonyl (C=O) groups excluding carboxylic acids is 1. The molecule has 1 amide bonds. The van der Waals surface area contributed by atoms with Crippen molar-refractivity contribution in [3.05, 3.63) is 95.8 Å². The van der Waals surface area contributed by atoms with Gasteiger partial charge in [-0.3, -0.25) is 9.78 Å². The van der Waals surface area contributed by atoms with Crippen LogP contribution < -0.4 is 4.74 Å². The summed E-state index contributed by atoms with van der Waals surface area (Å²) >= 11 is 0. The molecule has 6 heteroatoms. The van der Waals surface area contributed by atoms with Crippen LogP contribution in [0.5, 0.6) is 5.75 Å². The lowest BCUT2D eigenvalue weighted by molar-refractivity contribution is 0.0692. The molecule has 6 nitrogen and oxygen atoms in total. The van der Waals surface area contributed by atoms with Crippen LogP contribution >= 0.6 is 0 Å². The number of rotatable bonds is 7. The highest BCUT2D eigenvalue weighted by molar-refractivity contribution is 5.99. The average Bonchev–Trinajstić information content (AvgIpc) is 2.86. The normalized spacial score (nSPS) is 10.7. The maximum atomic E-state index is 13.1. The van der Waals surface area contributed by atoms with E-state index in [4.69, 9.17) is 4.74 Å². The number of ether oxygens (including phenoxy) is 1. The Hall–Kier alpha value is -4.19. The molecule has 0 aliphatic rings.